The Morgan fingerprint density at radius 1 is 1.59 bits per heavy atom. The topological polar surface area (TPSA) is 19.4 Å². The first-order valence-corrected chi connectivity index (χ1v) is 6.27. The monoisotopic (exact) mass is 257 g/mol. The van der Waals surface area contributed by atoms with E-state index >= 15 is 0 Å². The van der Waals surface area contributed by atoms with Crippen LogP contribution >= 0.6 is 11.6 Å². The molecule has 0 amide bonds. The van der Waals surface area contributed by atoms with E-state index in [-0.39, 0.29) is 11.7 Å². The summed E-state index contributed by atoms with van der Waals surface area (Å²) in [6.45, 7) is 1.67. The van der Waals surface area contributed by atoms with Crippen molar-refractivity contribution < 1.29 is 4.39 Å². The van der Waals surface area contributed by atoms with Crippen LogP contribution in [0.25, 0.3) is 0 Å². The zero-order chi connectivity index (χ0) is 12.4. The molecule has 1 fully saturated rings. The molecule has 0 spiro atoms. The lowest BCUT2D eigenvalue weighted by Gasteiger charge is -2.21. The predicted molar refractivity (Wildman–Crippen MR) is 68.1 cm³/mol. The van der Waals surface area contributed by atoms with Crippen LogP contribution in [-0.4, -0.2) is 43.1 Å². The minimum absolute atomic E-state index is 0.187. The molecular weight excluding hydrogens is 241 g/mol. The van der Waals surface area contributed by atoms with E-state index < -0.39 is 0 Å². The lowest BCUT2D eigenvalue weighted by molar-refractivity contribution is 0.315. The van der Waals surface area contributed by atoms with Gasteiger partial charge in [0.05, 0.1) is 5.88 Å². The first kappa shape index (κ1) is 12.6. The first-order chi connectivity index (χ1) is 8.13. The summed E-state index contributed by atoms with van der Waals surface area (Å²) in [4.78, 5) is 8.30. The second-order valence-corrected chi connectivity index (χ2v) is 4.86. The SMILES string of the molecule is CN(C)C1CCN(c2nccc(CCl)c2F)C1. The smallest absolute Gasteiger partial charge is 0.170 e. The van der Waals surface area contributed by atoms with Crippen molar-refractivity contribution in [3.63, 3.8) is 0 Å². The molecule has 0 bridgehead atoms. The molecule has 1 aliphatic rings. The normalized spacial score (nSPS) is 20.3. The van der Waals surface area contributed by atoms with Gasteiger partial charge in [-0.3, -0.25) is 0 Å². The molecule has 0 N–H and O–H groups in total. The van der Waals surface area contributed by atoms with Gasteiger partial charge in [0.15, 0.2) is 11.6 Å². The summed E-state index contributed by atoms with van der Waals surface area (Å²) in [7, 11) is 4.10. The first-order valence-electron chi connectivity index (χ1n) is 5.74. The second kappa shape index (κ2) is 5.19. The Bertz CT molecular complexity index is 397. The fraction of sp³-hybridized carbons (Fsp3) is 0.583. The predicted octanol–water partition coefficient (Wildman–Crippen LogP) is 2.10. The van der Waals surface area contributed by atoms with Crippen LogP contribution in [0.3, 0.4) is 0 Å². The van der Waals surface area contributed by atoms with Gasteiger partial charge in [0.1, 0.15) is 0 Å². The molecule has 0 aliphatic carbocycles. The van der Waals surface area contributed by atoms with E-state index in [1.165, 1.54) is 0 Å². The molecular formula is C12H17ClFN3. The highest BCUT2D eigenvalue weighted by molar-refractivity contribution is 6.17. The Morgan fingerprint density at radius 2 is 2.35 bits per heavy atom. The second-order valence-electron chi connectivity index (χ2n) is 4.59. The molecule has 0 aromatic carbocycles. The van der Waals surface area contributed by atoms with Crippen molar-refractivity contribution >= 4 is 17.4 Å². The quantitative estimate of drug-likeness (QED) is 0.773. The molecule has 1 atom stereocenters. The standard InChI is InChI=1S/C12H17ClFN3/c1-16(2)10-4-6-17(8-10)12-11(14)9(7-13)3-5-15-12/h3,5,10H,4,6-8H2,1-2H3. The molecule has 17 heavy (non-hydrogen) atoms. The van der Waals surface area contributed by atoms with Gasteiger partial charge in [-0.1, -0.05) is 0 Å². The molecule has 5 heteroatoms. The molecule has 94 valence electrons. The van der Waals surface area contributed by atoms with Crippen LogP contribution in [0.1, 0.15) is 12.0 Å². The highest BCUT2D eigenvalue weighted by Crippen LogP contribution is 2.25. The summed E-state index contributed by atoms with van der Waals surface area (Å²) in [5, 5.41) is 0. The Morgan fingerprint density at radius 3 is 2.94 bits per heavy atom. The van der Waals surface area contributed by atoms with Gasteiger partial charge < -0.3 is 9.80 Å². The van der Waals surface area contributed by atoms with Crippen LogP contribution in [0.5, 0.6) is 0 Å². The van der Waals surface area contributed by atoms with Gasteiger partial charge in [-0.05, 0) is 26.6 Å². The fourth-order valence-corrected chi connectivity index (χ4v) is 2.36. The van der Waals surface area contributed by atoms with E-state index in [0.29, 0.717) is 17.4 Å². The van der Waals surface area contributed by atoms with Crippen molar-refractivity contribution in [2.45, 2.75) is 18.3 Å². The van der Waals surface area contributed by atoms with E-state index in [0.717, 1.165) is 19.5 Å². The number of anilines is 1. The zero-order valence-corrected chi connectivity index (χ0v) is 10.9. The Kier molecular flexibility index (Phi) is 3.84. The Hall–Kier alpha value is -0.870. The van der Waals surface area contributed by atoms with E-state index in [4.69, 9.17) is 11.6 Å². The summed E-state index contributed by atoms with van der Waals surface area (Å²) in [5.74, 6) is 0.348. The van der Waals surface area contributed by atoms with Crippen molar-refractivity contribution in [2.75, 3.05) is 32.1 Å². The highest BCUT2D eigenvalue weighted by atomic mass is 35.5. The van der Waals surface area contributed by atoms with Gasteiger partial charge in [0.2, 0.25) is 0 Å². The number of alkyl halides is 1. The van der Waals surface area contributed by atoms with Crippen LogP contribution < -0.4 is 4.90 Å². The number of rotatable bonds is 3. The molecule has 1 aromatic heterocycles. The van der Waals surface area contributed by atoms with Gasteiger partial charge >= 0.3 is 0 Å². The lowest BCUT2D eigenvalue weighted by atomic mass is 10.2. The summed E-state index contributed by atoms with van der Waals surface area (Å²) in [5.41, 5.74) is 0.518. The van der Waals surface area contributed by atoms with Crippen LogP contribution in [0.15, 0.2) is 12.3 Å². The fourth-order valence-electron chi connectivity index (χ4n) is 2.15. The largest absolute Gasteiger partial charge is 0.353 e. The Labute approximate surface area is 106 Å². The number of pyridine rings is 1. The maximum Gasteiger partial charge on any atom is 0.170 e. The summed E-state index contributed by atoms with van der Waals surface area (Å²) >= 11 is 5.70. The van der Waals surface area contributed by atoms with E-state index in [9.17, 15) is 4.39 Å². The molecule has 0 saturated carbocycles. The highest BCUT2D eigenvalue weighted by Gasteiger charge is 2.27. The number of hydrogen-bond donors (Lipinski definition) is 0. The third-order valence-electron chi connectivity index (χ3n) is 3.29. The van der Waals surface area contributed by atoms with Gasteiger partial charge in [-0.15, -0.1) is 11.6 Å². The average Bonchev–Trinajstić information content (AvgIpc) is 2.78. The molecule has 2 rings (SSSR count). The number of hydrogen-bond acceptors (Lipinski definition) is 3. The summed E-state index contributed by atoms with van der Waals surface area (Å²) in [6.07, 6.45) is 2.67. The molecule has 1 saturated heterocycles. The van der Waals surface area contributed by atoms with E-state index in [1.807, 2.05) is 19.0 Å². The van der Waals surface area contributed by atoms with E-state index in [2.05, 4.69) is 9.88 Å². The van der Waals surface area contributed by atoms with E-state index in [1.54, 1.807) is 12.3 Å². The van der Waals surface area contributed by atoms with Gasteiger partial charge in [-0.2, -0.15) is 0 Å². The van der Waals surface area contributed by atoms with Crippen molar-refractivity contribution in [3.8, 4) is 0 Å². The minimum Gasteiger partial charge on any atom is -0.353 e. The van der Waals surface area contributed by atoms with Gasteiger partial charge in [-0.25, -0.2) is 9.37 Å². The van der Waals surface area contributed by atoms with Crippen molar-refractivity contribution in [2.24, 2.45) is 0 Å². The van der Waals surface area contributed by atoms with Crippen LogP contribution in [0, 0.1) is 5.82 Å². The average molecular weight is 258 g/mol. The minimum atomic E-state index is -0.276. The van der Waals surface area contributed by atoms with Gasteiger partial charge in [0, 0.05) is 30.9 Å². The lowest BCUT2D eigenvalue weighted by Crippen LogP contribution is -2.32. The van der Waals surface area contributed by atoms with Crippen LogP contribution in [0.2, 0.25) is 0 Å². The molecule has 1 aromatic rings. The molecule has 1 unspecified atom stereocenters. The number of halogens is 2. The third-order valence-corrected chi connectivity index (χ3v) is 3.58. The summed E-state index contributed by atoms with van der Waals surface area (Å²) < 4.78 is 14.1. The number of aromatic nitrogens is 1. The maximum absolute atomic E-state index is 14.1. The molecule has 1 aliphatic heterocycles. The molecule has 0 radical (unpaired) electrons. The molecule has 2 heterocycles. The third kappa shape index (κ3) is 2.53. The Balaban J connectivity index is 2.19. The maximum atomic E-state index is 14.1. The van der Waals surface area contributed by atoms with Crippen molar-refractivity contribution in [3.05, 3.63) is 23.6 Å². The van der Waals surface area contributed by atoms with Crippen molar-refractivity contribution in [1.82, 2.24) is 9.88 Å². The zero-order valence-electron chi connectivity index (χ0n) is 10.2. The van der Waals surface area contributed by atoms with Crippen LogP contribution in [-0.2, 0) is 5.88 Å². The number of likely N-dealkylation sites (N-methyl/N-ethyl adjacent to an activating group) is 1. The van der Waals surface area contributed by atoms with Crippen molar-refractivity contribution in [1.29, 1.82) is 0 Å². The van der Waals surface area contributed by atoms with Gasteiger partial charge in [0.25, 0.3) is 0 Å². The number of nitrogens with zero attached hydrogens (tertiary/aromatic N) is 3. The van der Waals surface area contributed by atoms with Crippen LogP contribution in [0.4, 0.5) is 10.2 Å². The summed E-state index contributed by atoms with van der Waals surface area (Å²) in [6, 6.07) is 2.10. The molecule has 3 nitrogen and oxygen atoms in total.